The van der Waals surface area contributed by atoms with Gasteiger partial charge in [0.2, 0.25) is 5.91 Å². The first-order valence-corrected chi connectivity index (χ1v) is 7.68. The molecule has 1 atom stereocenters. The summed E-state index contributed by atoms with van der Waals surface area (Å²) in [6.07, 6.45) is 1.18. The molecule has 1 unspecified atom stereocenters. The van der Waals surface area contributed by atoms with Gasteiger partial charge in [-0.05, 0) is 30.0 Å². The fourth-order valence-electron chi connectivity index (χ4n) is 2.42. The van der Waals surface area contributed by atoms with Gasteiger partial charge in [-0.2, -0.15) is 0 Å². The summed E-state index contributed by atoms with van der Waals surface area (Å²) < 4.78 is 0. The first-order chi connectivity index (χ1) is 10.6. The van der Waals surface area contributed by atoms with Gasteiger partial charge in [0.25, 0.3) is 0 Å². The highest BCUT2D eigenvalue weighted by Crippen LogP contribution is 2.09. The minimum absolute atomic E-state index is 0.0182. The largest absolute Gasteiger partial charge is 0.391 e. The molecule has 0 saturated heterocycles. The minimum atomic E-state index is -0.551. The Morgan fingerprint density at radius 2 is 1.77 bits per heavy atom. The Hall–Kier alpha value is -2.13. The molecule has 0 radical (unpaired) electrons. The van der Waals surface area contributed by atoms with Crippen LogP contribution in [-0.4, -0.2) is 23.7 Å². The summed E-state index contributed by atoms with van der Waals surface area (Å²) in [5.74, 6) is -0.0182. The van der Waals surface area contributed by atoms with E-state index in [9.17, 15) is 9.90 Å². The zero-order chi connectivity index (χ0) is 15.8. The van der Waals surface area contributed by atoms with Crippen molar-refractivity contribution >= 4 is 5.91 Å². The second kappa shape index (κ2) is 8.35. The quantitative estimate of drug-likeness (QED) is 0.825. The molecule has 2 rings (SSSR count). The molecule has 0 bridgehead atoms. The number of rotatable bonds is 7. The van der Waals surface area contributed by atoms with Crippen molar-refractivity contribution in [3.63, 3.8) is 0 Å². The Morgan fingerprint density at radius 3 is 2.50 bits per heavy atom. The Kier molecular flexibility index (Phi) is 6.16. The van der Waals surface area contributed by atoms with Crippen molar-refractivity contribution in [3.8, 4) is 0 Å². The van der Waals surface area contributed by atoms with Crippen molar-refractivity contribution in [2.75, 3.05) is 6.54 Å². The molecule has 3 heteroatoms. The summed E-state index contributed by atoms with van der Waals surface area (Å²) in [7, 11) is 0. The summed E-state index contributed by atoms with van der Waals surface area (Å²) in [6, 6.07) is 17.9. The molecule has 0 saturated carbocycles. The highest BCUT2D eigenvalue weighted by molar-refractivity contribution is 5.76. The maximum absolute atomic E-state index is 11.9. The van der Waals surface area contributed by atoms with Crippen molar-refractivity contribution in [3.05, 3.63) is 71.3 Å². The number of hydrogen-bond donors (Lipinski definition) is 2. The van der Waals surface area contributed by atoms with E-state index in [0.29, 0.717) is 19.4 Å². The maximum atomic E-state index is 11.9. The Labute approximate surface area is 132 Å². The van der Waals surface area contributed by atoms with Crippen LogP contribution >= 0.6 is 0 Å². The Morgan fingerprint density at radius 1 is 1.09 bits per heavy atom. The third-order valence-corrected chi connectivity index (χ3v) is 3.73. The molecule has 0 aliphatic heterocycles. The molecule has 0 heterocycles. The van der Waals surface area contributed by atoms with E-state index in [0.717, 1.165) is 12.0 Å². The van der Waals surface area contributed by atoms with Crippen molar-refractivity contribution in [2.45, 2.75) is 32.3 Å². The molecule has 116 valence electrons. The lowest BCUT2D eigenvalue weighted by Crippen LogP contribution is -2.33. The van der Waals surface area contributed by atoms with Crippen molar-refractivity contribution in [1.29, 1.82) is 0 Å². The van der Waals surface area contributed by atoms with Crippen LogP contribution in [0.5, 0.6) is 0 Å². The van der Waals surface area contributed by atoms with E-state index in [1.165, 1.54) is 11.1 Å². The van der Waals surface area contributed by atoms with Gasteiger partial charge in [-0.25, -0.2) is 0 Å². The lowest BCUT2D eigenvalue weighted by Gasteiger charge is -2.12. The van der Waals surface area contributed by atoms with E-state index in [2.05, 4.69) is 18.3 Å². The molecule has 0 fully saturated rings. The Bertz CT molecular complexity index is 595. The third kappa shape index (κ3) is 5.34. The van der Waals surface area contributed by atoms with Crippen molar-refractivity contribution in [1.82, 2.24) is 5.32 Å². The average Bonchev–Trinajstić information content (AvgIpc) is 2.53. The van der Waals surface area contributed by atoms with Gasteiger partial charge in [-0.1, -0.05) is 54.6 Å². The second-order valence-electron chi connectivity index (χ2n) is 5.57. The van der Waals surface area contributed by atoms with Gasteiger partial charge in [0.15, 0.2) is 0 Å². The average molecular weight is 297 g/mol. The number of carbonyl (C=O) groups excluding carboxylic acids is 1. The molecular weight excluding hydrogens is 274 g/mol. The lowest BCUT2D eigenvalue weighted by molar-refractivity contribution is -0.121. The summed E-state index contributed by atoms with van der Waals surface area (Å²) in [5.41, 5.74) is 3.48. The first kappa shape index (κ1) is 16.2. The van der Waals surface area contributed by atoms with Crippen LogP contribution in [-0.2, 0) is 17.6 Å². The molecular formula is C19H23NO2. The molecule has 0 spiro atoms. The van der Waals surface area contributed by atoms with Gasteiger partial charge in [-0.15, -0.1) is 0 Å². The molecule has 0 aromatic heterocycles. The van der Waals surface area contributed by atoms with Gasteiger partial charge in [-0.3, -0.25) is 4.79 Å². The summed E-state index contributed by atoms with van der Waals surface area (Å²) in [5, 5.41) is 12.8. The summed E-state index contributed by atoms with van der Waals surface area (Å²) in [4.78, 5) is 11.9. The van der Waals surface area contributed by atoms with Gasteiger partial charge < -0.3 is 10.4 Å². The Balaban J connectivity index is 1.70. The second-order valence-corrected chi connectivity index (χ2v) is 5.57. The number of aliphatic hydroxyl groups excluding tert-OH is 1. The molecule has 0 aliphatic carbocycles. The monoisotopic (exact) mass is 297 g/mol. The van der Waals surface area contributed by atoms with E-state index >= 15 is 0 Å². The minimum Gasteiger partial charge on any atom is -0.391 e. The van der Waals surface area contributed by atoms with E-state index in [1.54, 1.807) is 0 Å². The van der Waals surface area contributed by atoms with Crippen LogP contribution in [0.1, 0.15) is 23.1 Å². The van der Waals surface area contributed by atoms with E-state index in [-0.39, 0.29) is 5.91 Å². The number of carbonyl (C=O) groups is 1. The van der Waals surface area contributed by atoms with E-state index in [4.69, 9.17) is 0 Å². The topological polar surface area (TPSA) is 49.3 Å². The highest BCUT2D eigenvalue weighted by Gasteiger charge is 2.08. The van der Waals surface area contributed by atoms with Gasteiger partial charge in [0.05, 0.1) is 6.10 Å². The van der Waals surface area contributed by atoms with E-state index in [1.807, 2.05) is 48.5 Å². The molecule has 3 nitrogen and oxygen atoms in total. The van der Waals surface area contributed by atoms with Gasteiger partial charge in [0.1, 0.15) is 0 Å². The molecule has 2 aromatic carbocycles. The normalized spacial score (nSPS) is 11.9. The predicted octanol–water partition coefficient (Wildman–Crippen LogP) is 2.65. The maximum Gasteiger partial charge on any atom is 0.220 e. The van der Waals surface area contributed by atoms with Crippen molar-refractivity contribution in [2.24, 2.45) is 0 Å². The van der Waals surface area contributed by atoms with Crippen LogP contribution in [0.2, 0.25) is 0 Å². The fourth-order valence-corrected chi connectivity index (χ4v) is 2.42. The predicted molar refractivity (Wildman–Crippen MR) is 88.7 cm³/mol. The van der Waals surface area contributed by atoms with Crippen LogP contribution in [0, 0.1) is 6.92 Å². The number of aliphatic hydroxyl groups is 1. The van der Waals surface area contributed by atoms with Crippen LogP contribution in [0.3, 0.4) is 0 Å². The zero-order valence-corrected chi connectivity index (χ0v) is 13.0. The fraction of sp³-hybridized carbons (Fsp3) is 0.316. The molecule has 22 heavy (non-hydrogen) atoms. The highest BCUT2D eigenvalue weighted by atomic mass is 16.3. The number of amides is 1. The van der Waals surface area contributed by atoms with Crippen LogP contribution in [0.4, 0.5) is 0 Å². The van der Waals surface area contributed by atoms with Gasteiger partial charge in [0, 0.05) is 19.4 Å². The summed E-state index contributed by atoms with van der Waals surface area (Å²) in [6.45, 7) is 2.35. The molecule has 2 aromatic rings. The smallest absolute Gasteiger partial charge is 0.220 e. The van der Waals surface area contributed by atoms with Crippen molar-refractivity contribution < 1.29 is 9.90 Å². The zero-order valence-electron chi connectivity index (χ0n) is 13.0. The number of benzene rings is 2. The number of nitrogens with one attached hydrogen (secondary N) is 1. The lowest BCUT2D eigenvalue weighted by atomic mass is 10.0. The van der Waals surface area contributed by atoms with Gasteiger partial charge >= 0.3 is 0 Å². The van der Waals surface area contributed by atoms with Crippen LogP contribution < -0.4 is 5.32 Å². The SMILES string of the molecule is Cc1ccccc1CCC(=O)NCC(O)Cc1ccccc1. The molecule has 0 aliphatic rings. The standard InChI is InChI=1S/C19H23NO2/c1-15-7-5-6-10-17(15)11-12-19(22)20-14-18(21)13-16-8-3-2-4-9-16/h2-10,18,21H,11-14H2,1H3,(H,20,22). The molecule has 2 N–H and O–H groups in total. The summed E-state index contributed by atoms with van der Waals surface area (Å²) >= 11 is 0. The number of aryl methyl sites for hydroxylation is 2. The molecule has 1 amide bonds. The first-order valence-electron chi connectivity index (χ1n) is 7.68. The van der Waals surface area contributed by atoms with Crippen LogP contribution in [0.15, 0.2) is 54.6 Å². The van der Waals surface area contributed by atoms with Crippen LogP contribution in [0.25, 0.3) is 0 Å². The third-order valence-electron chi connectivity index (χ3n) is 3.73. The van der Waals surface area contributed by atoms with E-state index < -0.39 is 6.10 Å². The number of hydrogen-bond acceptors (Lipinski definition) is 2.